The van der Waals surface area contributed by atoms with Crippen molar-refractivity contribution in [3.63, 3.8) is 0 Å². The highest BCUT2D eigenvalue weighted by molar-refractivity contribution is 14.1. The third-order valence-corrected chi connectivity index (χ3v) is 4.19. The minimum absolute atomic E-state index is 0.150. The molecule has 1 N–H and O–H groups in total. The second-order valence-corrected chi connectivity index (χ2v) is 5.94. The van der Waals surface area contributed by atoms with Gasteiger partial charge in [-0.3, -0.25) is 4.79 Å². The van der Waals surface area contributed by atoms with Crippen molar-refractivity contribution in [1.29, 1.82) is 0 Å². The molecule has 2 nitrogen and oxygen atoms in total. The lowest BCUT2D eigenvalue weighted by molar-refractivity contribution is 0.103. The number of hydrogen-bond donors (Lipinski definition) is 1. The molecule has 0 aliphatic rings. The summed E-state index contributed by atoms with van der Waals surface area (Å²) in [5.41, 5.74) is 1.86. The summed E-state index contributed by atoms with van der Waals surface area (Å²) in [5, 5.41) is 1.34. The van der Waals surface area contributed by atoms with Crippen LogP contribution in [0.1, 0.15) is 15.9 Å². The number of nitrogens with one attached hydrogen (secondary N) is 1. The smallest absolute Gasteiger partial charge is 0.196 e. The first-order chi connectivity index (χ1) is 9.56. The summed E-state index contributed by atoms with van der Waals surface area (Å²) in [6.07, 6.45) is 1.66. The number of carbonyl (C=O) groups is 1. The summed E-state index contributed by atoms with van der Waals surface area (Å²) in [5.74, 6) is -0.504. The molecule has 20 heavy (non-hydrogen) atoms. The van der Waals surface area contributed by atoms with Crippen LogP contribution in [0, 0.1) is 9.39 Å². The summed E-state index contributed by atoms with van der Waals surface area (Å²) in [6, 6.07) is 9.47. The quantitative estimate of drug-likeness (QED) is 0.487. The van der Waals surface area contributed by atoms with Crippen molar-refractivity contribution in [2.75, 3.05) is 0 Å². The SMILES string of the molecule is O=C(c1ccc(F)cc1I)c1c[nH]c2ccc(Cl)cc12. The average Bonchev–Trinajstić information content (AvgIpc) is 2.81. The summed E-state index contributed by atoms with van der Waals surface area (Å²) >= 11 is 7.93. The van der Waals surface area contributed by atoms with Crippen molar-refractivity contribution < 1.29 is 9.18 Å². The largest absolute Gasteiger partial charge is 0.360 e. The third-order valence-electron chi connectivity index (χ3n) is 3.06. The molecule has 0 amide bonds. The highest BCUT2D eigenvalue weighted by atomic mass is 127. The second-order valence-electron chi connectivity index (χ2n) is 4.35. The fourth-order valence-corrected chi connectivity index (χ4v) is 2.99. The van der Waals surface area contributed by atoms with E-state index < -0.39 is 0 Å². The van der Waals surface area contributed by atoms with Gasteiger partial charge in [-0.15, -0.1) is 0 Å². The molecule has 0 atom stereocenters. The fraction of sp³-hybridized carbons (Fsp3) is 0. The number of H-pyrrole nitrogens is 1. The zero-order chi connectivity index (χ0) is 14.3. The Kier molecular flexibility index (Phi) is 3.52. The minimum Gasteiger partial charge on any atom is -0.360 e. The van der Waals surface area contributed by atoms with E-state index in [4.69, 9.17) is 11.6 Å². The number of rotatable bonds is 2. The van der Waals surface area contributed by atoms with E-state index in [-0.39, 0.29) is 11.6 Å². The highest BCUT2D eigenvalue weighted by Gasteiger charge is 2.17. The number of aromatic amines is 1. The molecule has 0 saturated carbocycles. The lowest BCUT2D eigenvalue weighted by atomic mass is 10.0. The number of ketones is 1. The molecule has 1 aromatic heterocycles. The number of aromatic nitrogens is 1. The van der Waals surface area contributed by atoms with Crippen molar-refractivity contribution in [2.24, 2.45) is 0 Å². The summed E-state index contributed by atoms with van der Waals surface area (Å²) in [4.78, 5) is 15.6. The maximum Gasteiger partial charge on any atom is 0.196 e. The van der Waals surface area contributed by atoms with Crippen LogP contribution in [-0.2, 0) is 0 Å². The summed E-state index contributed by atoms with van der Waals surface area (Å²) in [6.45, 7) is 0. The molecule has 0 bridgehead atoms. The van der Waals surface area contributed by atoms with Gasteiger partial charge in [0.15, 0.2) is 5.78 Å². The summed E-state index contributed by atoms with van der Waals surface area (Å²) < 4.78 is 13.7. The highest BCUT2D eigenvalue weighted by Crippen LogP contribution is 2.26. The molecular weight excluding hydrogens is 392 g/mol. The molecular formula is C15H8ClFINO. The molecule has 1 heterocycles. The monoisotopic (exact) mass is 399 g/mol. The van der Waals surface area contributed by atoms with Gasteiger partial charge < -0.3 is 4.98 Å². The fourth-order valence-electron chi connectivity index (χ4n) is 2.10. The van der Waals surface area contributed by atoms with Crippen LogP contribution in [0.5, 0.6) is 0 Å². The first-order valence-electron chi connectivity index (χ1n) is 5.82. The van der Waals surface area contributed by atoms with E-state index in [1.165, 1.54) is 18.2 Å². The van der Waals surface area contributed by atoms with Crippen molar-refractivity contribution >= 4 is 50.9 Å². The third kappa shape index (κ3) is 2.33. The van der Waals surface area contributed by atoms with Crippen molar-refractivity contribution in [1.82, 2.24) is 4.98 Å². The first-order valence-corrected chi connectivity index (χ1v) is 7.28. The minimum atomic E-state index is -0.354. The van der Waals surface area contributed by atoms with Crippen LogP contribution in [0.4, 0.5) is 4.39 Å². The van der Waals surface area contributed by atoms with Crippen LogP contribution in [0.25, 0.3) is 10.9 Å². The Balaban J connectivity index is 2.15. The maximum atomic E-state index is 13.1. The van der Waals surface area contributed by atoms with Gasteiger partial charge in [0, 0.05) is 36.8 Å². The Morgan fingerprint density at radius 2 is 1.95 bits per heavy atom. The van der Waals surface area contributed by atoms with Crippen molar-refractivity contribution in [3.05, 3.63) is 68.1 Å². The van der Waals surface area contributed by atoms with E-state index in [9.17, 15) is 9.18 Å². The summed E-state index contributed by atoms with van der Waals surface area (Å²) in [7, 11) is 0. The Bertz CT molecular complexity index is 828. The zero-order valence-corrected chi connectivity index (χ0v) is 13.0. The lowest BCUT2D eigenvalue weighted by Gasteiger charge is -2.03. The molecule has 2 aromatic carbocycles. The van der Waals surface area contributed by atoms with Crippen molar-refractivity contribution in [2.45, 2.75) is 0 Å². The Labute approximate surface area is 133 Å². The van der Waals surface area contributed by atoms with Gasteiger partial charge >= 0.3 is 0 Å². The average molecular weight is 400 g/mol. The molecule has 3 aromatic rings. The molecule has 5 heteroatoms. The molecule has 0 unspecified atom stereocenters. The van der Waals surface area contributed by atoms with E-state index in [1.807, 2.05) is 28.7 Å². The van der Waals surface area contributed by atoms with E-state index in [0.717, 1.165) is 10.9 Å². The Morgan fingerprint density at radius 1 is 1.15 bits per heavy atom. The number of fused-ring (bicyclic) bond motifs is 1. The van der Waals surface area contributed by atoms with Gasteiger partial charge in [-0.1, -0.05) is 11.6 Å². The van der Waals surface area contributed by atoms with Crippen LogP contribution in [0.15, 0.2) is 42.6 Å². The van der Waals surface area contributed by atoms with E-state index in [1.54, 1.807) is 18.3 Å². The molecule has 3 rings (SSSR count). The van der Waals surface area contributed by atoms with Gasteiger partial charge in [0.1, 0.15) is 5.82 Å². The van der Waals surface area contributed by atoms with Gasteiger partial charge in [-0.25, -0.2) is 4.39 Å². The van der Waals surface area contributed by atoms with Crippen molar-refractivity contribution in [3.8, 4) is 0 Å². The Hall–Kier alpha value is -1.40. The number of hydrogen-bond acceptors (Lipinski definition) is 1. The Morgan fingerprint density at radius 3 is 2.70 bits per heavy atom. The molecule has 0 saturated heterocycles. The first kappa shape index (κ1) is 13.6. The zero-order valence-electron chi connectivity index (χ0n) is 10.1. The van der Waals surface area contributed by atoms with E-state index in [0.29, 0.717) is 19.7 Å². The molecule has 0 aliphatic heterocycles. The van der Waals surface area contributed by atoms with Crippen LogP contribution < -0.4 is 0 Å². The van der Waals surface area contributed by atoms with Gasteiger partial charge in [0.25, 0.3) is 0 Å². The van der Waals surface area contributed by atoms with Crippen LogP contribution in [0.3, 0.4) is 0 Å². The predicted molar refractivity (Wildman–Crippen MR) is 85.9 cm³/mol. The van der Waals surface area contributed by atoms with Crippen LogP contribution in [-0.4, -0.2) is 10.8 Å². The molecule has 0 fully saturated rings. The molecule has 100 valence electrons. The molecule has 0 radical (unpaired) electrons. The topological polar surface area (TPSA) is 32.9 Å². The van der Waals surface area contributed by atoms with Gasteiger partial charge in [-0.2, -0.15) is 0 Å². The molecule has 0 spiro atoms. The predicted octanol–water partition coefficient (Wildman–Crippen LogP) is 4.80. The number of halogens is 3. The van der Waals surface area contributed by atoms with Gasteiger partial charge in [0.2, 0.25) is 0 Å². The van der Waals surface area contributed by atoms with Gasteiger partial charge in [0.05, 0.1) is 0 Å². The standard InChI is InChI=1S/C15H8ClFINO/c16-8-1-4-14-11(5-8)12(7-19-14)15(20)10-3-2-9(17)6-13(10)18/h1-7,19H. The van der Waals surface area contributed by atoms with E-state index in [2.05, 4.69) is 4.98 Å². The lowest BCUT2D eigenvalue weighted by Crippen LogP contribution is -2.03. The van der Waals surface area contributed by atoms with Crippen LogP contribution >= 0.6 is 34.2 Å². The molecule has 0 aliphatic carbocycles. The maximum absolute atomic E-state index is 13.1. The van der Waals surface area contributed by atoms with Gasteiger partial charge in [-0.05, 0) is 59.0 Å². The number of benzene rings is 2. The second kappa shape index (κ2) is 5.18. The normalized spacial score (nSPS) is 10.9. The number of carbonyl (C=O) groups excluding carboxylic acids is 1. The van der Waals surface area contributed by atoms with Crippen LogP contribution in [0.2, 0.25) is 5.02 Å². The van der Waals surface area contributed by atoms with E-state index >= 15 is 0 Å².